The minimum atomic E-state index is -0.876. The van der Waals surface area contributed by atoms with E-state index in [1.165, 1.54) is 6.07 Å². The molecule has 1 aromatic carbocycles. The van der Waals surface area contributed by atoms with Crippen molar-refractivity contribution in [3.8, 4) is 0 Å². The molecule has 0 saturated carbocycles. The van der Waals surface area contributed by atoms with Crippen LogP contribution in [0.15, 0.2) is 30.4 Å². The van der Waals surface area contributed by atoms with Crippen molar-refractivity contribution in [1.29, 1.82) is 0 Å². The van der Waals surface area contributed by atoms with Gasteiger partial charge in [-0.1, -0.05) is 25.1 Å². The van der Waals surface area contributed by atoms with Crippen molar-refractivity contribution < 1.29 is 13.9 Å². The van der Waals surface area contributed by atoms with Gasteiger partial charge in [-0.2, -0.15) is 0 Å². The molecule has 0 aliphatic heterocycles. The maximum Gasteiger partial charge on any atom is 0.159 e. The zero-order valence-electron chi connectivity index (χ0n) is 9.34. The van der Waals surface area contributed by atoms with Gasteiger partial charge in [0.1, 0.15) is 0 Å². The lowest BCUT2D eigenvalue weighted by atomic mass is 10.0. The van der Waals surface area contributed by atoms with Crippen LogP contribution in [0.5, 0.6) is 0 Å². The fourth-order valence-electron chi connectivity index (χ4n) is 1.49. The highest BCUT2D eigenvalue weighted by Crippen LogP contribution is 2.14. The van der Waals surface area contributed by atoms with Crippen molar-refractivity contribution in [2.75, 3.05) is 0 Å². The van der Waals surface area contributed by atoms with E-state index < -0.39 is 17.7 Å². The van der Waals surface area contributed by atoms with E-state index >= 15 is 0 Å². The number of rotatable bonds is 5. The summed E-state index contributed by atoms with van der Waals surface area (Å²) in [6.07, 6.45) is 1.04. The minimum absolute atomic E-state index is 0.316. The maximum absolute atomic E-state index is 12.9. The van der Waals surface area contributed by atoms with Gasteiger partial charge in [0.2, 0.25) is 0 Å². The molecule has 88 valence electrons. The lowest BCUT2D eigenvalue weighted by molar-refractivity contribution is 0.174. The average molecular weight is 226 g/mol. The van der Waals surface area contributed by atoms with Gasteiger partial charge in [0.15, 0.2) is 11.6 Å². The first-order valence-corrected chi connectivity index (χ1v) is 5.31. The monoisotopic (exact) mass is 226 g/mol. The van der Waals surface area contributed by atoms with E-state index in [0.29, 0.717) is 18.4 Å². The first-order chi connectivity index (χ1) is 7.52. The Hall–Kier alpha value is -1.22. The van der Waals surface area contributed by atoms with Gasteiger partial charge < -0.3 is 5.11 Å². The Morgan fingerprint density at radius 2 is 2.06 bits per heavy atom. The molecule has 0 fully saturated rings. The van der Waals surface area contributed by atoms with Crippen molar-refractivity contribution in [3.63, 3.8) is 0 Å². The number of aliphatic hydroxyl groups is 1. The number of aliphatic hydroxyl groups excluding tert-OH is 1. The molecule has 1 atom stereocenters. The van der Waals surface area contributed by atoms with Crippen LogP contribution < -0.4 is 0 Å². The van der Waals surface area contributed by atoms with Crippen LogP contribution in [0.3, 0.4) is 0 Å². The minimum Gasteiger partial charge on any atom is -0.392 e. The van der Waals surface area contributed by atoms with Gasteiger partial charge in [-0.05, 0) is 37.0 Å². The van der Waals surface area contributed by atoms with E-state index in [1.54, 1.807) is 0 Å². The van der Waals surface area contributed by atoms with Gasteiger partial charge in [0.05, 0.1) is 6.10 Å². The summed E-state index contributed by atoms with van der Waals surface area (Å²) in [7, 11) is 0. The molecule has 1 rings (SSSR count). The molecule has 0 bridgehead atoms. The normalized spacial score (nSPS) is 12.5. The first-order valence-electron chi connectivity index (χ1n) is 5.31. The van der Waals surface area contributed by atoms with Crippen LogP contribution in [0, 0.1) is 11.6 Å². The molecule has 3 heteroatoms. The van der Waals surface area contributed by atoms with Gasteiger partial charge >= 0.3 is 0 Å². The molecule has 1 aromatic rings. The van der Waals surface area contributed by atoms with Crippen LogP contribution >= 0.6 is 0 Å². The molecule has 0 radical (unpaired) electrons. The lowest BCUT2D eigenvalue weighted by Gasteiger charge is -2.11. The maximum atomic E-state index is 12.9. The van der Waals surface area contributed by atoms with E-state index in [4.69, 9.17) is 0 Å². The van der Waals surface area contributed by atoms with E-state index in [0.717, 1.165) is 24.1 Å². The standard InChI is InChI=1S/C13H16F2O/c1-3-9(2)6-11(16)7-10-4-5-12(14)13(15)8-10/h4-5,8,11,16H,2-3,6-7H2,1H3. The van der Waals surface area contributed by atoms with Crippen LogP contribution in [-0.2, 0) is 6.42 Å². The third-order valence-electron chi connectivity index (χ3n) is 2.48. The van der Waals surface area contributed by atoms with E-state index in [9.17, 15) is 13.9 Å². The summed E-state index contributed by atoms with van der Waals surface area (Å²) in [5, 5.41) is 9.69. The van der Waals surface area contributed by atoms with E-state index in [2.05, 4.69) is 6.58 Å². The highest BCUT2D eigenvalue weighted by molar-refractivity contribution is 5.18. The number of benzene rings is 1. The molecule has 0 heterocycles. The molecule has 1 nitrogen and oxygen atoms in total. The Kier molecular flexibility index (Phi) is 4.62. The summed E-state index contributed by atoms with van der Waals surface area (Å²) in [5.74, 6) is -1.74. The molecule has 1 unspecified atom stereocenters. The predicted octanol–water partition coefficient (Wildman–Crippen LogP) is 3.22. The summed E-state index contributed by atoms with van der Waals surface area (Å²) in [6, 6.07) is 3.68. The second-order valence-corrected chi connectivity index (χ2v) is 3.91. The molecule has 0 spiro atoms. The van der Waals surface area contributed by atoms with Gasteiger partial charge in [0.25, 0.3) is 0 Å². The van der Waals surface area contributed by atoms with Crippen LogP contribution in [0.4, 0.5) is 8.78 Å². The third kappa shape index (κ3) is 3.74. The smallest absolute Gasteiger partial charge is 0.159 e. The Labute approximate surface area is 94.4 Å². The second kappa shape index (κ2) is 5.75. The molecule has 0 aliphatic rings. The number of hydrogen-bond acceptors (Lipinski definition) is 1. The third-order valence-corrected chi connectivity index (χ3v) is 2.48. The molecule has 0 aromatic heterocycles. The van der Waals surface area contributed by atoms with Crippen LogP contribution in [0.25, 0.3) is 0 Å². The Bertz CT molecular complexity index is 374. The highest BCUT2D eigenvalue weighted by atomic mass is 19.2. The number of hydrogen-bond donors (Lipinski definition) is 1. The van der Waals surface area contributed by atoms with Crippen molar-refractivity contribution in [2.45, 2.75) is 32.3 Å². The van der Waals surface area contributed by atoms with Gasteiger partial charge in [-0.3, -0.25) is 0 Å². The number of halogens is 2. The highest BCUT2D eigenvalue weighted by Gasteiger charge is 2.09. The Balaban J connectivity index is 2.59. The van der Waals surface area contributed by atoms with E-state index in [1.807, 2.05) is 6.92 Å². The second-order valence-electron chi connectivity index (χ2n) is 3.91. The summed E-state index contributed by atoms with van der Waals surface area (Å²) in [6.45, 7) is 5.76. The van der Waals surface area contributed by atoms with Crippen molar-refractivity contribution in [2.24, 2.45) is 0 Å². The van der Waals surface area contributed by atoms with E-state index in [-0.39, 0.29) is 0 Å². The fourth-order valence-corrected chi connectivity index (χ4v) is 1.49. The van der Waals surface area contributed by atoms with Crippen molar-refractivity contribution in [1.82, 2.24) is 0 Å². The molecular formula is C13H16F2O. The molecule has 0 aliphatic carbocycles. The summed E-state index contributed by atoms with van der Waals surface area (Å²) in [5.41, 5.74) is 1.55. The molecule has 0 amide bonds. The predicted molar refractivity (Wildman–Crippen MR) is 60.1 cm³/mol. The van der Waals surface area contributed by atoms with Gasteiger partial charge in [0, 0.05) is 0 Å². The molecule has 1 N–H and O–H groups in total. The first kappa shape index (κ1) is 12.8. The molecular weight excluding hydrogens is 210 g/mol. The largest absolute Gasteiger partial charge is 0.392 e. The fraction of sp³-hybridized carbons (Fsp3) is 0.385. The topological polar surface area (TPSA) is 20.2 Å². The van der Waals surface area contributed by atoms with Crippen LogP contribution in [0.2, 0.25) is 0 Å². The Morgan fingerprint density at radius 1 is 1.38 bits per heavy atom. The van der Waals surface area contributed by atoms with Gasteiger partial charge in [-0.15, -0.1) is 0 Å². The van der Waals surface area contributed by atoms with Gasteiger partial charge in [-0.25, -0.2) is 8.78 Å². The Morgan fingerprint density at radius 3 is 2.62 bits per heavy atom. The summed E-state index contributed by atoms with van der Waals surface area (Å²) in [4.78, 5) is 0. The zero-order valence-corrected chi connectivity index (χ0v) is 9.34. The molecule has 0 saturated heterocycles. The lowest BCUT2D eigenvalue weighted by Crippen LogP contribution is -2.11. The molecule has 16 heavy (non-hydrogen) atoms. The SMILES string of the molecule is C=C(CC)CC(O)Cc1ccc(F)c(F)c1. The zero-order chi connectivity index (χ0) is 12.1. The average Bonchev–Trinajstić information content (AvgIpc) is 2.23. The summed E-state index contributed by atoms with van der Waals surface area (Å²) < 4.78 is 25.5. The van der Waals surface area contributed by atoms with Crippen LogP contribution in [-0.4, -0.2) is 11.2 Å². The summed E-state index contributed by atoms with van der Waals surface area (Å²) >= 11 is 0. The van der Waals surface area contributed by atoms with Crippen molar-refractivity contribution in [3.05, 3.63) is 47.5 Å². The van der Waals surface area contributed by atoms with Crippen LogP contribution in [0.1, 0.15) is 25.3 Å². The van der Waals surface area contributed by atoms with Crippen molar-refractivity contribution >= 4 is 0 Å². The quantitative estimate of drug-likeness (QED) is 0.764.